The molecule has 1 saturated heterocycles. The number of benzene rings is 2. The van der Waals surface area contributed by atoms with Gasteiger partial charge in [-0.2, -0.15) is 0 Å². The number of carbonyl (C=O) groups excluding carboxylic acids is 1. The van der Waals surface area contributed by atoms with Crippen LogP contribution < -0.4 is 0 Å². The van der Waals surface area contributed by atoms with Crippen LogP contribution >= 0.6 is 0 Å². The highest BCUT2D eigenvalue weighted by atomic mass is 32.2. The molecule has 0 radical (unpaired) electrons. The number of rotatable bonds is 3. The van der Waals surface area contributed by atoms with Crippen molar-refractivity contribution in [2.24, 2.45) is 0 Å². The summed E-state index contributed by atoms with van der Waals surface area (Å²) in [6.45, 7) is 6.18. The molecule has 1 amide bonds. The van der Waals surface area contributed by atoms with Crippen molar-refractivity contribution in [2.45, 2.75) is 55.0 Å². The number of nitrogens with zero attached hydrogens (tertiary/aromatic N) is 1. The van der Waals surface area contributed by atoms with E-state index < -0.39 is 15.4 Å². The van der Waals surface area contributed by atoms with Gasteiger partial charge in [0.1, 0.15) is 5.60 Å². The maximum atomic E-state index is 12.7. The number of amides is 1. The molecule has 6 heteroatoms. The molecular weight excluding hydrogens is 362 g/mol. The van der Waals surface area contributed by atoms with Crippen molar-refractivity contribution < 1.29 is 17.9 Å². The van der Waals surface area contributed by atoms with Crippen LogP contribution in [0.15, 0.2) is 64.4 Å². The first-order valence-corrected chi connectivity index (χ1v) is 10.6. The lowest BCUT2D eigenvalue weighted by atomic mass is 10.1. The molecule has 3 rings (SSSR count). The number of hydrogen-bond donors (Lipinski definition) is 0. The van der Waals surface area contributed by atoms with Crippen LogP contribution in [-0.2, 0) is 14.6 Å². The summed E-state index contributed by atoms with van der Waals surface area (Å²) in [6.07, 6.45) is 1.41. The van der Waals surface area contributed by atoms with Gasteiger partial charge in [-0.05, 0) is 63.4 Å². The molecule has 1 heterocycles. The van der Waals surface area contributed by atoms with Crippen molar-refractivity contribution in [3.8, 4) is 0 Å². The fourth-order valence-electron chi connectivity index (χ4n) is 3.26. The van der Waals surface area contributed by atoms with Crippen molar-refractivity contribution in [1.29, 1.82) is 0 Å². The Morgan fingerprint density at radius 3 is 2.19 bits per heavy atom. The molecule has 1 aliphatic rings. The quantitative estimate of drug-likeness (QED) is 0.773. The number of likely N-dealkylation sites (tertiary alicyclic amines) is 1. The topological polar surface area (TPSA) is 63.7 Å². The van der Waals surface area contributed by atoms with E-state index in [1.165, 1.54) is 0 Å². The summed E-state index contributed by atoms with van der Waals surface area (Å²) in [4.78, 5) is 14.7. The van der Waals surface area contributed by atoms with Crippen LogP contribution in [0.25, 0.3) is 0 Å². The molecule has 0 aromatic heterocycles. The zero-order valence-corrected chi connectivity index (χ0v) is 16.7. The number of sulfone groups is 1. The van der Waals surface area contributed by atoms with Gasteiger partial charge >= 0.3 is 6.09 Å². The van der Waals surface area contributed by atoms with Gasteiger partial charge in [0.25, 0.3) is 0 Å². The van der Waals surface area contributed by atoms with E-state index >= 15 is 0 Å². The number of ether oxygens (including phenoxy) is 1. The van der Waals surface area contributed by atoms with Gasteiger partial charge in [-0.1, -0.05) is 30.3 Å². The highest BCUT2D eigenvalue weighted by Crippen LogP contribution is 2.34. The summed E-state index contributed by atoms with van der Waals surface area (Å²) >= 11 is 0. The molecule has 2 aromatic carbocycles. The van der Waals surface area contributed by atoms with Crippen molar-refractivity contribution in [3.63, 3.8) is 0 Å². The monoisotopic (exact) mass is 387 g/mol. The van der Waals surface area contributed by atoms with E-state index in [0.717, 1.165) is 18.4 Å². The van der Waals surface area contributed by atoms with E-state index in [1.54, 1.807) is 59.5 Å². The van der Waals surface area contributed by atoms with Crippen LogP contribution in [0, 0.1) is 0 Å². The molecule has 1 atom stereocenters. The molecule has 0 bridgehead atoms. The third-order valence-electron chi connectivity index (χ3n) is 4.51. The fourth-order valence-corrected chi connectivity index (χ4v) is 4.54. The van der Waals surface area contributed by atoms with Gasteiger partial charge in [-0.25, -0.2) is 13.2 Å². The van der Waals surface area contributed by atoms with Gasteiger partial charge in [0, 0.05) is 6.54 Å². The van der Waals surface area contributed by atoms with E-state index in [0.29, 0.717) is 6.54 Å². The van der Waals surface area contributed by atoms with Gasteiger partial charge in [-0.15, -0.1) is 0 Å². The van der Waals surface area contributed by atoms with E-state index in [-0.39, 0.29) is 21.9 Å². The van der Waals surface area contributed by atoms with Gasteiger partial charge in [0.05, 0.1) is 15.8 Å². The second-order valence-electron chi connectivity index (χ2n) is 7.72. The van der Waals surface area contributed by atoms with Gasteiger partial charge in [0.2, 0.25) is 9.84 Å². The highest BCUT2D eigenvalue weighted by molar-refractivity contribution is 7.91. The second kappa shape index (κ2) is 7.35. The molecule has 27 heavy (non-hydrogen) atoms. The molecule has 0 aliphatic carbocycles. The van der Waals surface area contributed by atoms with Gasteiger partial charge < -0.3 is 9.64 Å². The average molecular weight is 388 g/mol. The van der Waals surface area contributed by atoms with Gasteiger partial charge in [-0.3, -0.25) is 0 Å². The predicted octanol–water partition coefficient (Wildman–Crippen LogP) is 4.59. The lowest BCUT2D eigenvalue weighted by molar-refractivity contribution is 0.0224. The van der Waals surface area contributed by atoms with E-state index in [9.17, 15) is 13.2 Å². The zero-order chi connectivity index (χ0) is 19.7. The maximum absolute atomic E-state index is 12.7. The van der Waals surface area contributed by atoms with Crippen molar-refractivity contribution in [1.82, 2.24) is 4.90 Å². The Balaban J connectivity index is 1.82. The molecule has 5 nitrogen and oxygen atoms in total. The van der Waals surface area contributed by atoms with E-state index in [2.05, 4.69) is 0 Å². The van der Waals surface area contributed by atoms with Crippen LogP contribution in [0.4, 0.5) is 4.79 Å². The normalized spacial score (nSPS) is 17.7. The molecule has 144 valence electrons. The van der Waals surface area contributed by atoms with Crippen LogP contribution in [0.3, 0.4) is 0 Å². The average Bonchev–Trinajstić information content (AvgIpc) is 3.11. The predicted molar refractivity (Wildman–Crippen MR) is 103 cm³/mol. The zero-order valence-electron chi connectivity index (χ0n) is 15.9. The van der Waals surface area contributed by atoms with E-state index in [4.69, 9.17) is 4.74 Å². The van der Waals surface area contributed by atoms with Crippen molar-refractivity contribution in [3.05, 3.63) is 60.2 Å². The summed E-state index contributed by atoms with van der Waals surface area (Å²) in [5.74, 6) is 0. The largest absolute Gasteiger partial charge is 0.444 e. The molecule has 0 spiro atoms. The molecule has 2 aromatic rings. The van der Waals surface area contributed by atoms with Crippen LogP contribution in [-0.4, -0.2) is 31.6 Å². The van der Waals surface area contributed by atoms with Crippen LogP contribution in [0.2, 0.25) is 0 Å². The summed E-state index contributed by atoms with van der Waals surface area (Å²) < 4.78 is 30.9. The molecule has 0 saturated carbocycles. The molecule has 1 aliphatic heterocycles. The lowest BCUT2D eigenvalue weighted by Crippen LogP contribution is -2.36. The molecule has 1 fully saturated rings. The Bertz CT molecular complexity index is 899. The summed E-state index contributed by atoms with van der Waals surface area (Å²) in [5, 5.41) is 0. The lowest BCUT2D eigenvalue weighted by Gasteiger charge is -2.29. The number of hydrogen-bond acceptors (Lipinski definition) is 4. The summed E-state index contributed by atoms with van der Waals surface area (Å²) in [7, 11) is -3.54. The highest BCUT2D eigenvalue weighted by Gasteiger charge is 2.33. The first-order chi connectivity index (χ1) is 12.7. The van der Waals surface area contributed by atoms with Crippen molar-refractivity contribution >= 4 is 15.9 Å². The third kappa shape index (κ3) is 4.33. The van der Waals surface area contributed by atoms with E-state index in [1.807, 2.05) is 20.8 Å². The van der Waals surface area contributed by atoms with Crippen LogP contribution in [0.1, 0.15) is 45.2 Å². The van der Waals surface area contributed by atoms with Gasteiger partial charge in [0.15, 0.2) is 0 Å². The summed E-state index contributed by atoms with van der Waals surface area (Å²) in [6, 6.07) is 15.1. The second-order valence-corrected chi connectivity index (χ2v) is 9.67. The smallest absolute Gasteiger partial charge is 0.410 e. The first-order valence-electron chi connectivity index (χ1n) is 9.08. The minimum Gasteiger partial charge on any atom is -0.444 e. The SMILES string of the molecule is CC(C)(C)OC(=O)N1CCCC1c1ccc(S(=O)(=O)c2ccccc2)cc1. The minimum atomic E-state index is -3.54. The standard InChI is InChI=1S/C21H25NO4S/c1-21(2,3)26-20(23)22-15-7-10-19(22)16-11-13-18(14-12-16)27(24,25)17-8-5-4-6-9-17/h4-6,8-9,11-14,19H,7,10,15H2,1-3H3. The minimum absolute atomic E-state index is 0.0895. The Kier molecular flexibility index (Phi) is 5.29. The maximum Gasteiger partial charge on any atom is 0.410 e. The third-order valence-corrected chi connectivity index (χ3v) is 6.30. The Labute approximate surface area is 160 Å². The first kappa shape index (κ1) is 19.4. The Hall–Kier alpha value is -2.34. The van der Waals surface area contributed by atoms with Crippen molar-refractivity contribution in [2.75, 3.05) is 6.54 Å². The molecule has 0 N–H and O–H groups in total. The molecular formula is C21H25NO4S. The number of carbonyl (C=O) groups is 1. The molecule has 1 unspecified atom stereocenters. The Morgan fingerprint density at radius 1 is 1.00 bits per heavy atom. The Morgan fingerprint density at radius 2 is 1.59 bits per heavy atom. The van der Waals surface area contributed by atoms with Crippen LogP contribution in [0.5, 0.6) is 0 Å². The fraction of sp³-hybridized carbons (Fsp3) is 0.381. The summed E-state index contributed by atoms with van der Waals surface area (Å²) in [5.41, 5.74) is 0.378.